The van der Waals surface area contributed by atoms with E-state index >= 15 is 0 Å². The van der Waals surface area contributed by atoms with Crippen molar-refractivity contribution in [3.05, 3.63) is 148 Å². The zero-order valence-electron chi connectivity index (χ0n) is 32.8. The molecule has 8 rings (SSSR count). The third kappa shape index (κ3) is 9.75. The van der Waals surface area contributed by atoms with Crippen molar-refractivity contribution in [1.82, 2.24) is 34.5 Å². The molecule has 1 fully saturated rings. The van der Waals surface area contributed by atoms with Crippen molar-refractivity contribution in [2.75, 3.05) is 55.8 Å². The standard InChI is InChI=1S/C44H41ClN12O3/c1-46-34-14-10-29(11-15-34)23-39(41(59)60-2)51-44-53-42(47-27-36-24-31-12-13-33(45)26-38(31)49-36)52-43(54-44)50-35-8-3-6-30(22-35)28-55-18-20-56(21-19-55)40(58)32-7-4-9-37(25-32)57-17-5-16-48-57/h3-17,22,25-26,39H,18-21,23-24,27-28H2,2H3,(H3,47,50,51,52,53,54)/t39-/m0/s1. The van der Waals surface area contributed by atoms with E-state index < -0.39 is 12.0 Å². The van der Waals surface area contributed by atoms with Gasteiger partial charge in [-0.05, 0) is 65.2 Å². The van der Waals surface area contributed by atoms with Crippen LogP contribution in [-0.2, 0) is 28.9 Å². The first kappa shape index (κ1) is 39.7. The smallest absolute Gasteiger partial charge is 0.328 e. The number of anilines is 4. The van der Waals surface area contributed by atoms with Crippen LogP contribution >= 0.6 is 11.6 Å². The molecule has 4 aromatic carbocycles. The highest BCUT2D eigenvalue weighted by atomic mass is 35.5. The van der Waals surface area contributed by atoms with Gasteiger partial charge in [0.25, 0.3) is 5.91 Å². The number of aromatic nitrogens is 5. The summed E-state index contributed by atoms with van der Waals surface area (Å²) in [5, 5.41) is 14.7. The number of rotatable bonds is 14. The van der Waals surface area contributed by atoms with Gasteiger partial charge >= 0.3 is 5.97 Å². The maximum Gasteiger partial charge on any atom is 0.328 e. The lowest BCUT2D eigenvalue weighted by molar-refractivity contribution is -0.141. The van der Waals surface area contributed by atoms with Crippen molar-refractivity contribution in [3.8, 4) is 5.69 Å². The molecule has 2 aromatic heterocycles. The topological polar surface area (TPSA) is 159 Å². The number of ether oxygens (including phenoxy) is 1. The molecule has 0 unspecified atom stereocenters. The molecule has 1 atom stereocenters. The highest BCUT2D eigenvalue weighted by Gasteiger charge is 2.24. The molecule has 2 aliphatic heterocycles. The minimum absolute atomic E-state index is 0.00864. The highest BCUT2D eigenvalue weighted by molar-refractivity contribution is 6.31. The number of amides is 1. The van der Waals surface area contributed by atoms with Gasteiger partial charge in [-0.25, -0.2) is 14.3 Å². The molecule has 0 aliphatic carbocycles. The van der Waals surface area contributed by atoms with E-state index in [9.17, 15) is 9.59 Å². The Balaban J connectivity index is 0.952. The lowest BCUT2D eigenvalue weighted by Crippen LogP contribution is -2.48. The maximum atomic E-state index is 13.4. The molecule has 0 spiro atoms. The third-order valence-corrected chi connectivity index (χ3v) is 10.4. The molecule has 6 aromatic rings. The minimum Gasteiger partial charge on any atom is -0.467 e. The number of methoxy groups -OCH3 is 1. The summed E-state index contributed by atoms with van der Waals surface area (Å²) < 4.78 is 6.88. The number of nitrogens with one attached hydrogen (secondary N) is 3. The predicted molar refractivity (Wildman–Crippen MR) is 231 cm³/mol. The van der Waals surface area contributed by atoms with Crippen molar-refractivity contribution in [2.45, 2.75) is 25.4 Å². The van der Waals surface area contributed by atoms with Gasteiger partial charge in [0.05, 0.1) is 31.6 Å². The van der Waals surface area contributed by atoms with Crippen molar-refractivity contribution in [3.63, 3.8) is 0 Å². The molecule has 0 saturated carbocycles. The number of esters is 1. The van der Waals surface area contributed by atoms with Crippen molar-refractivity contribution < 1.29 is 14.3 Å². The summed E-state index contributed by atoms with van der Waals surface area (Å²) in [6, 6.07) is 29.3. The second-order valence-corrected chi connectivity index (χ2v) is 14.8. The van der Waals surface area contributed by atoms with E-state index in [1.165, 1.54) is 7.11 Å². The molecule has 60 heavy (non-hydrogen) atoms. The number of hydrogen-bond acceptors (Lipinski definition) is 12. The Hall–Kier alpha value is -7.15. The third-order valence-electron chi connectivity index (χ3n) is 10.2. The van der Waals surface area contributed by atoms with E-state index in [0.717, 1.165) is 52.6 Å². The molecule has 4 heterocycles. The van der Waals surface area contributed by atoms with Gasteiger partial charge in [-0.2, -0.15) is 20.1 Å². The first-order valence-electron chi connectivity index (χ1n) is 19.4. The molecule has 2 aliphatic rings. The second kappa shape index (κ2) is 18.2. The molecule has 302 valence electrons. The van der Waals surface area contributed by atoms with E-state index in [0.29, 0.717) is 48.9 Å². The summed E-state index contributed by atoms with van der Waals surface area (Å²) in [5.74, 6) is 0.193. The summed E-state index contributed by atoms with van der Waals surface area (Å²) in [4.78, 5) is 52.9. The van der Waals surface area contributed by atoms with Crippen LogP contribution in [-0.4, -0.2) is 98.0 Å². The Labute approximate surface area is 351 Å². The number of carbonyl (C=O) groups is 2. The van der Waals surface area contributed by atoms with Crippen LogP contribution in [0.2, 0.25) is 5.02 Å². The average Bonchev–Trinajstić information content (AvgIpc) is 3.96. The van der Waals surface area contributed by atoms with Gasteiger partial charge in [0.15, 0.2) is 5.69 Å². The quantitative estimate of drug-likeness (QED) is 0.0776. The number of carbonyl (C=O) groups excluding carboxylic acids is 2. The molecule has 16 heteroatoms. The van der Waals surface area contributed by atoms with Gasteiger partial charge in [0.1, 0.15) is 6.04 Å². The van der Waals surface area contributed by atoms with E-state index in [1.807, 2.05) is 90.0 Å². The highest BCUT2D eigenvalue weighted by Crippen LogP contribution is 2.30. The van der Waals surface area contributed by atoms with Gasteiger partial charge in [-0.3, -0.25) is 14.7 Å². The Morgan fingerprint density at radius 3 is 2.47 bits per heavy atom. The molecule has 0 radical (unpaired) electrons. The maximum absolute atomic E-state index is 13.4. The fourth-order valence-electron chi connectivity index (χ4n) is 7.14. The molecular weight excluding hydrogens is 780 g/mol. The number of fused-ring (bicyclic) bond motifs is 1. The van der Waals surface area contributed by atoms with Gasteiger partial charge in [-0.15, -0.1) is 0 Å². The monoisotopic (exact) mass is 820 g/mol. The van der Waals surface area contributed by atoms with Crippen LogP contribution in [0.1, 0.15) is 27.0 Å². The van der Waals surface area contributed by atoms with Crippen LogP contribution in [0, 0.1) is 6.57 Å². The summed E-state index contributed by atoms with van der Waals surface area (Å²) >= 11 is 6.21. The average molecular weight is 821 g/mol. The van der Waals surface area contributed by atoms with Gasteiger partial charge in [0, 0.05) is 79.9 Å². The summed E-state index contributed by atoms with van der Waals surface area (Å²) in [6.45, 7) is 11.0. The number of aliphatic imine (C=N–C) groups is 1. The first-order valence-corrected chi connectivity index (χ1v) is 19.8. The number of nitrogens with zero attached hydrogens (tertiary/aromatic N) is 9. The summed E-state index contributed by atoms with van der Waals surface area (Å²) in [7, 11) is 1.33. The van der Waals surface area contributed by atoms with Crippen LogP contribution in [0.4, 0.5) is 34.9 Å². The molecule has 1 saturated heterocycles. The fourth-order valence-corrected chi connectivity index (χ4v) is 7.31. The largest absolute Gasteiger partial charge is 0.467 e. The molecule has 1 amide bonds. The zero-order valence-corrected chi connectivity index (χ0v) is 33.5. The number of hydrogen-bond donors (Lipinski definition) is 3. The number of benzene rings is 4. The molecule has 0 bridgehead atoms. The van der Waals surface area contributed by atoms with Gasteiger partial charge in [0.2, 0.25) is 17.8 Å². The van der Waals surface area contributed by atoms with Crippen molar-refractivity contribution >= 4 is 64.1 Å². The Kier molecular flexibility index (Phi) is 12.0. The summed E-state index contributed by atoms with van der Waals surface area (Å²) in [5.41, 5.74) is 7.48. The number of piperazine rings is 1. The predicted octanol–water partition coefficient (Wildman–Crippen LogP) is 6.90. The van der Waals surface area contributed by atoms with Gasteiger partial charge < -0.3 is 25.6 Å². The SMILES string of the molecule is [C-]#[N+]c1ccc(C[C@H](Nc2nc(NCC3=Nc4cc(Cl)ccc4C3)nc(Nc3cccc(CN4CCN(C(=O)c5cccc(-n6cccn6)c5)CC4)c3)n2)C(=O)OC)cc1. The zero-order chi connectivity index (χ0) is 41.4. The van der Waals surface area contributed by atoms with Crippen molar-refractivity contribution in [2.24, 2.45) is 4.99 Å². The Morgan fingerprint density at radius 1 is 0.883 bits per heavy atom. The molecule has 15 nitrogen and oxygen atoms in total. The lowest BCUT2D eigenvalue weighted by Gasteiger charge is -2.35. The Bertz CT molecular complexity index is 2570. The van der Waals surface area contributed by atoms with E-state index in [4.69, 9.17) is 27.9 Å². The van der Waals surface area contributed by atoms with Crippen molar-refractivity contribution in [1.29, 1.82) is 0 Å². The van der Waals surface area contributed by atoms with Crippen LogP contribution in [0.5, 0.6) is 0 Å². The first-order chi connectivity index (χ1) is 29.3. The van der Waals surface area contributed by atoms with E-state index in [-0.39, 0.29) is 30.2 Å². The molecule has 3 N–H and O–H groups in total. The minimum atomic E-state index is -0.832. The van der Waals surface area contributed by atoms with Gasteiger partial charge in [-0.1, -0.05) is 60.1 Å². The number of halogens is 1. The van der Waals surface area contributed by atoms with Crippen LogP contribution in [0.3, 0.4) is 0 Å². The van der Waals surface area contributed by atoms with Crippen LogP contribution < -0.4 is 16.0 Å². The fraction of sp³-hybridized carbons (Fsp3) is 0.227. The Morgan fingerprint density at radius 2 is 1.68 bits per heavy atom. The van der Waals surface area contributed by atoms with E-state index in [2.05, 4.69) is 51.8 Å². The van der Waals surface area contributed by atoms with Crippen LogP contribution in [0.15, 0.2) is 114 Å². The normalized spacial score (nSPS) is 14.1. The van der Waals surface area contributed by atoms with E-state index in [1.54, 1.807) is 23.0 Å². The second-order valence-electron chi connectivity index (χ2n) is 14.4. The molecular formula is C44H41ClN12O3. The summed E-state index contributed by atoms with van der Waals surface area (Å²) in [6.07, 6.45) is 4.50. The lowest BCUT2D eigenvalue weighted by atomic mass is 10.1. The van der Waals surface area contributed by atoms with Crippen LogP contribution in [0.25, 0.3) is 10.5 Å².